The fourth-order valence-electron chi connectivity index (χ4n) is 2.66. The SMILES string of the molecule is Cc1ccc(C(NCc2cc(F)ccc2Br)C2CC2)cc1. The molecule has 0 aromatic heterocycles. The van der Waals surface area contributed by atoms with Crippen LogP contribution < -0.4 is 5.32 Å². The Morgan fingerprint density at radius 2 is 1.90 bits per heavy atom. The van der Waals surface area contributed by atoms with Gasteiger partial charge >= 0.3 is 0 Å². The molecule has 1 atom stereocenters. The van der Waals surface area contributed by atoms with Gasteiger partial charge < -0.3 is 5.32 Å². The van der Waals surface area contributed by atoms with E-state index in [4.69, 9.17) is 0 Å². The summed E-state index contributed by atoms with van der Waals surface area (Å²) in [7, 11) is 0. The van der Waals surface area contributed by atoms with Crippen LogP contribution in [-0.2, 0) is 6.54 Å². The van der Waals surface area contributed by atoms with Crippen molar-refractivity contribution >= 4 is 15.9 Å². The summed E-state index contributed by atoms with van der Waals surface area (Å²) in [5.74, 6) is 0.522. The summed E-state index contributed by atoms with van der Waals surface area (Å²) in [5, 5.41) is 3.61. The molecule has 1 fully saturated rings. The molecule has 1 aliphatic rings. The van der Waals surface area contributed by atoms with E-state index < -0.39 is 0 Å². The van der Waals surface area contributed by atoms with Gasteiger partial charge in [0.05, 0.1) is 0 Å². The van der Waals surface area contributed by atoms with Gasteiger partial charge in [-0.15, -0.1) is 0 Å². The van der Waals surface area contributed by atoms with Crippen LogP contribution >= 0.6 is 15.9 Å². The van der Waals surface area contributed by atoms with Gasteiger partial charge in [-0.1, -0.05) is 45.8 Å². The minimum absolute atomic E-state index is 0.187. The molecule has 1 saturated carbocycles. The first-order valence-electron chi connectivity index (χ1n) is 7.37. The molecule has 21 heavy (non-hydrogen) atoms. The van der Waals surface area contributed by atoms with E-state index in [2.05, 4.69) is 52.4 Å². The smallest absolute Gasteiger partial charge is 0.123 e. The van der Waals surface area contributed by atoms with Crippen LogP contribution in [0.5, 0.6) is 0 Å². The van der Waals surface area contributed by atoms with E-state index in [0.717, 1.165) is 10.0 Å². The van der Waals surface area contributed by atoms with Crippen molar-refractivity contribution in [1.29, 1.82) is 0 Å². The number of hydrogen-bond acceptors (Lipinski definition) is 1. The normalized spacial score (nSPS) is 16.0. The first kappa shape index (κ1) is 14.7. The van der Waals surface area contributed by atoms with Crippen LogP contribution in [0.2, 0.25) is 0 Å². The highest BCUT2D eigenvalue weighted by atomic mass is 79.9. The summed E-state index contributed by atoms with van der Waals surface area (Å²) in [6.07, 6.45) is 2.55. The molecule has 0 aliphatic heterocycles. The lowest BCUT2D eigenvalue weighted by Gasteiger charge is -2.19. The van der Waals surface area contributed by atoms with Crippen LogP contribution in [-0.4, -0.2) is 0 Å². The van der Waals surface area contributed by atoms with E-state index in [0.29, 0.717) is 18.5 Å². The van der Waals surface area contributed by atoms with E-state index in [1.165, 1.54) is 30.0 Å². The molecule has 1 nitrogen and oxygen atoms in total. The molecule has 0 spiro atoms. The molecule has 1 aliphatic carbocycles. The van der Waals surface area contributed by atoms with Gasteiger partial charge in [0.15, 0.2) is 0 Å². The van der Waals surface area contributed by atoms with Gasteiger partial charge in [-0.2, -0.15) is 0 Å². The van der Waals surface area contributed by atoms with Gasteiger partial charge in [0, 0.05) is 17.1 Å². The highest BCUT2D eigenvalue weighted by Gasteiger charge is 2.31. The molecular formula is C18H19BrFN. The monoisotopic (exact) mass is 347 g/mol. The molecule has 0 bridgehead atoms. The van der Waals surface area contributed by atoms with Crippen LogP contribution in [0, 0.1) is 18.7 Å². The molecule has 110 valence electrons. The Morgan fingerprint density at radius 3 is 2.57 bits per heavy atom. The van der Waals surface area contributed by atoms with Crippen LogP contribution in [0.15, 0.2) is 46.9 Å². The van der Waals surface area contributed by atoms with E-state index in [-0.39, 0.29) is 5.82 Å². The lowest BCUT2D eigenvalue weighted by molar-refractivity contribution is 0.478. The summed E-state index contributed by atoms with van der Waals surface area (Å²) in [6.45, 7) is 2.78. The molecule has 0 amide bonds. The zero-order valence-electron chi connectivity index (χ0n) is 12.1. The van der Waals surface area contributed by atoms with Crippen LogP contribution in [0.1, 0.15) is 35.6 Å². The standard InChI is InChI=1S/C18H19BrFN/c1-12-2-4-13(5-3-12)18(14-6-7-14)21-11-15-10-16(20)8-9-17(15)19/h2-5,8-10,14,18,21H,6-7,11H2,1H3. The zero-order chi connectivity index (χ0) is 14.8. The predicted octanol–water partition coefficient (Wildman–Crippen LogP) is 5.14. The van der Waals surface area contributed by atoms with Gasteiger partial charge in [-0.3, -0.25) is 0 Å². The Kier molecular flexibility index (Phi) is 4.41. The molecule has 1 unspecified atom stereocenters. The second-order valence-corrected chi connectivity index (χ2v) is 6.70. The van der Waals surface area contributed by atoms with Gasteiger partial charge in [0.25, 0.3) is 0 Å². The third-order valence-corrected chi connectivity index (χ3v) is 4.82. The van der Waals surface area contributed by atoms with Crippen LogP contribution in [0.25, 0.3) is 0 Å². The van der Waals surface area contributed by atoms with Crippen molar-refractivity contribution in [2.45, 2.75) is 32.4 Å². The van der Waals surface area contributed by atoms with E-state index >= 15 is 0 Å². The third-order valence-electron chi connectivity index (χ3n) is 4.05. The average Bonchev–Trinajstić information content (AvgIpc) is 3.29. The number of nitrogens with one attached hydrogen (secondary N) is 1. The fraction of sp³-hybridized carbons (Fsp3) is 0.333. The van der Waals surface area contributed by atoms with Crippen LogP contribution in [0.4, 0.5) is 4.39 Å². The Balaban J connectivity index is 1.74. The predicted molar refractivity (Wildman–Crippen MR) is 87.6 cm³/mol. The Hall–Kier alpha value is -1.19. The highest BCUT2D eigenvalue weighted by Crippen LogP contribution is 2.41. The van der Waals surface area contributed by atoms with Crippen molar-refractivity contribution in [3.63, 3.8) is 0 Å². The van der Waals surface area contributed by atoms with Crippen molar-refractivity contribution in [3.8, 4) is 0 Å². The topological polar surface area (TPSA) is 12.0 Å². The molecule has 0 heterocycles. The number of rotatable bonds is 5. The summed E-state index contributed by atoms with van der Waals surface area (Å²) in [4.78, 5) is 0. The van der Waals surface area contributed by atoms with Crippen molar-refractivity contribution in [3.05, 3.63) is 69.4 Å². The quantitative estimate of drug-likeness (QED) is 0.789. The van der Waals surface area contributed by atoms with Gasteiger partial charge in [0.1, 0.15) is 5.82 Å². The number of halogens is 2. The molecule has 2 aromatic rings. The molecule has 2 aromatic carbocycles. The summed E-state index contributed by atoms with van der Waals surface area (Å²) < 4.78 is 14.3. The maximum absolute atomic E-state index is 13.4. The van der Waals surface area contributed by atoms with Crippen molar-refractivity contribution in [1.82, 2.24) is 5.32 Å². The summed E-state index contributed by atoms with van der Waals surface area (Å²) in [6, 6.07) is 13.9. The minimum atomic E-state index is -0.187. The number of hydrogen-bond donors (Lipinski definition) is 1. The maximum Gasteiger partial charge on any atom is 0.123 e. The van der Waals surface area contributed by atoms with Gasteiger partial charge in [0.2, 0.25) is 0 Å². The first-order chi connectivity index (χ1) is 10.1. The Labute approximate surface area is 133 Å². The Bertz CT molecular complexity index is 620. The molecule has 3 heteroatoms. The maximum atomic E-state index is 13.4. The average molecular weight is 348 g/mol. The van der Waals surface area contributed by atoms with Gasteiger partial charge in [-0.05, 0) is 55.0 Å². The molecule has 1 N–H and O–H groups in total. The molecule has 3 rings (SSSR count). The zero-order valence-corrected chi connectivity index (χ0v) is 13.7. The van der Waals surface area contributed by atoms with E-state index in [1.54, 1.807) is 12.1 Å². The number of benzene rings is 2. The summed E-state index contributed by atoms with van der Waals surface area (Å²) >= 11 is 3.49. The second kappa shape index (κ2) is 6.29. The third kappa shape index (κ3) is 3.72. The minimum Gasteiger partial charge on any atom is -0.306 e. The molecular weight excluding hydrogens is 329 g/mol. The van der Waals surface area contributed by atoms with Crippen molar-refractivity contribution in [2.75, 3.05) is 0 Å². The largest absolute Gasteiger partial charge is 0.306 e. The van der Waals surface area contributed by atoms with Crippen molar-refractivity contribution < 1.29 is 4.39 Å². The fourth-order valence-corrected chi connectivity index (χ4v) is 3.05. The van der Waals surface area contributed by atoms with E-state index in [1.807, 2.05) is 0 Å². The van der Waals surface area contributed by atoms with Crippen molar-refractivity contribution in [2.24, 2.45) is 5.92 Å². The van der Waals surface area contributed by atoms with Crippen LogP contribution in [0.3, 0.4) is 0 Å². The lowest BCUT2D eigenvalue weighted by atomic mass is 10.0. The summed E-state index contributed by atoms with van der Waals surface area (Å²) in [5.41, 5.74) is 3.57. The highest BCUT2D eigenvalue weighted by molar-refractivity contribution is 9.10. The first-order valence-corrected chi connectivity index (χ1v) is 8.16. The van der Waals surface area contributed by atoms with Gasteiger partial charge in [-0.25, -0.2) is 4.39 Å². The lowest BCUT2D eigenvalue weighted by Crippen LogP contribution is -2.23. The second-order valence-electron chi connectivity index (χ2n) is 5.84. The number of aryl methyl sites for hydroxylation is 1. The molecule has 0 radical (unpaired) electrons. The van der Waals surface area contributed by atoms with E-state index in [9.17, 15) is 4.39 Å². The Morgan fingerprint density at radius 1 is 1.19 bits per heavy atom. The molecule has 0 saturated heterocycles.